The third kappa shape index (κ3) is 2.07. The molecule has 0 atom stereocenters. The SMILES string of the molecule is Cc1sc2ncnc(-n3[nH]c(=O)c4c(c3=O)CCCC4)c2c1C. The fourth-order valence-electron chi connectivity index (χ4n) is 3.23. The third-order valence-electron chi connectivity index (χ3n) is 4.57. The van der Waals surface area contributed by atoms with E-state index in [1.165, 1.54) is 11.0 Å². The molecule has 4 rings (SSSR count). The Morgan fingerprint density at radius 2 is 1.87 bits per heavy atom. The van der Waals surface area contributed by atoms with Crippen molar-refractivity contribution < 1.29 is 0 Å². The molecule has 0 saturated carbocycles. The zero-order valence-corrected chi connectivity index (χ0v) is 13.8. The fraction of sp³-hybridized carbons (Fsp3) is 0.375. The van der Waals surface area contributed by atoms with Crippen LogP contribution >= 0.6 is 11.3 Å². The smallest absolute Gasteiger partial charge is 0.268 e. The van der Waals surface area contributed by atoms with E-state index in [1.54, 1.807) is 11.3 Å². The van der Waals surface area contributed by atoms with Gasteiger partial charge in [0.2, 0.25) is 0 Å². The highest BCUT2D eigenvalue weighted by atomic mass is 32.1. The summed E-state index contributed by atoms with van der Waals surface area (Å²) in [6, 6.07) is 0. The minimum Gasteiger partial charge on any atom is -0.268 e. The topological polar surface area (TPSA) is 80.6 Å². The van der Waals surface area contributed by atoms with Gasteiger partial charge in [0.15, 0.2) is 5.82 Å². The summed E-state index contributed by atoms with van der Waals surface area (Å²) in [5.41, 5.74) is 1.97. The lowest BCUT2D eigenvalue weighted by Crippen LogP contribution is -2.36. The molecule has 0 amide bonds. The summed E-state index contributed by atoms with van der Waals surface area (Å²) in [6.07, 6.45) is 4.68. The summed E-state index contributed by atoms with van der Waals surface area (Å²) < 4.78 is 1.30. The molecule has 0 spiro atoms. The number of aromatic nitrogens is 4. The summed E-state index contributed by atoms with van der Waals surface area (Å²) in [7, 11) is 0. The molecule has 0 aromatic carbocycles. The van der Waals surface area contributed by atoms with E-state index in [9.17, 15) is 9.59 Å². The molecule has 3 aromatic rings. The average Bonchev–Trinajstić information content (AvgIpc) is 2.86. The molecule has 0 unspecified atom stereocenters. The van der Waals surface area contributed by atoms with Gasteiger partial charge in [0.05, 0.1) is 5.39 Å². The van der Waals surface area contributed by atoms with E-state index in [1.807, 2.05) is 13.8 Å². The lowest BCUT2D eigenvalue weighted by molar-refractivity contribution is 0.635. The van der Waals surface area contributed by atoms with Crippen molar-refractivity contribution in [1.82, 2.24) is 19.7 Å². The first kappa shape index (κ1) is 14.3. The second-order valence-corrected chi connectivity index (χ2v) is 7.11. The van der Waals surface area contributed by atoms with Crippen LogP contribution in [0.25, 0.3) is 16.0 Å². The molecule has 1 aliphatic rings. The van der Waals surface area contributed by atoms with E-state index in [-0.39, 0.29) is 11.1 Å². The monoisotopic (exact) mass is 328 g/mol. The van der Waals surface area contributed by atoms with Gasteiger partial charge < -0.3 is 0 Å². The van der Waals surface area contributed by atoms with Crippen LogP contribution in [-0.2, 0) is 12.8 Å². The van der Waals surface area contributed by atoms with Gasteiger partial charge in [-0.2, -0.15) is 4.68 Å². The van der Waals surface area contributed by atoms with Crippen molar-refractivity contribution in [2.45, 2.75) is 39.5 Å². The summed E-state index contributed by atoms with van der Waals surface area (Å²) in [6.45, 7) is 4.01. The van der Waals surface area contributed by atoms with E-state index in [0.717, 1.165) is 33.5 Å². The Hall–Kier alpha value is -2.28. The molecule has 7 heteroatoms. The maximum atomic E-state index is 12.9. The van der Waals surface area contributed by atoms with Crippen LogP contribution in [0, 0.1) is 13.8 Å². The number of hydrogen-bond donors (Lipinski definition) is 1. The van der Waals surface area contributed by atoms with Gasteiger partial charge in [-0.05, 0) is 45.1 Å². The molecule has 1 N–H and O–H groups in total. The summed E-state index contributed by atoms with van der Waals surface area (Å²) in [5.74, 6) is 0.465. The highest BCUT2D eigenvalue weighted by Gasteiger charge is 2.21. The lowest BCUT2D eigenvalue weighted by atomic mass is 9.94. The Balaban J connectivity index is 2.08. The minimum absolute atomic E-state index is 0.164. The van der Waals surface area contributed by atoms with E-state index < -0.39 is 0 Å². The van der Waals surface area contributed by atoms with Gasteiger partial charge in [-0.3, -0.25) is 14.7 Å². The van der Waals surface area contributed by atoms with Crippen molar-refractivity contribution in [2.24, 2.45) is 0 Å². The molecule has 0 saturated heterocycles. The van der Waals surface area contributed by atoms with Crippen LogP contribution in [0.4, 0.5) is 0 Å². The minimum atomic E-state index is -0.185. The summed E-state index contributed by atoms with van der Waals surface area (Å²) >= 11 is 1.57. The first-order valence-corrected chi connectivity index (χ1v) is 8.47. The quantitative estimate of drug-likeness (QED) is 0.741. The van der Waals surface area contributed by atoms with Gasteiger partial charge in [-0.25, -0.2) is 9.97 Å². The summed E-state index contributed by atoms with van der Waals surface area (Å²) in [5, 5.41) is 3.55. The number of nitrogens with zero attached hydrogens (tertiary/aromatic N) is 3. The van der Waals surface area contributed by atoms with Gasteiger partial charge in [0, 0.05) is 16.0 Å². The normalized spacial score (nSPS) is 14.2. The van der Waals surface area contributed by atoms with E-state index in [2.05, 4.69) is 15.1 Å². The van der Waals surface area contributed by atoms with Crippen LogP contribution in [0.15, 0.2) is 15.9 Å². The second kappa shape index (κ2) is 5.13. The molecule has 3 aromatic heterocycles. The average molecular weight is 328 g/mol. The fourth-order valence-corrected chi connectivity index (χ4v) is 4.22. The number of aryl methyl sites for hydroxylation is 2. The number of rotatable bonds is 1. The number of fused-ring (bicyclic) bond motifs is 2. The number of thiophene rings is 1. The zero-order valence-electron chi connectivity index (χ0n) is 13.0. The molecule has 0 radical (unpaired) electrons. The van der Waals surface area contributed by atoms with Crippen LogP contribution in [0.3, 0.4) is 0 Å². The summed E-state index contributed by atoms with van der Waals surface area (Å²) in [4.78, 5) is 35.8. The lowest BCUT2D eigenvalue weighted by Gasteiger charge is -2.16. The molecule has 0 fully saturated rings. The van der Waals surface area contributed by atoms with Crippen LogP contribution in [0.5, 0.6) is 0 Å². The molecule has 23 heavy (non-hydrogen) atoms. The predicted molar refractivity (Wildman–Crippen MR) is 89.7 cm³/mol. The Morgan fingerprint density at radius 1 is 1.13 bits per heavy atom. The third-order valence-corrected chi connectivity index (χ3v) is 5.69. The molecular formula is C16H16N4O2S. The molecule has 6 nitrogen and oxygen atoms in total. The van der Waals surface area contributed by atoms with Crippen LogP contribution in [-0.4, -0.2) is 19.7 Å². The standard InChI is InChI=1S/C16H16N4O2S/c1-8-9(2)23-15-12(8)13(17-7-18-15)20-16(22)11-6-4-3-5-10(11)14(21)19-20/h7H,3-6H2,1-2H3,(H,19,21). The highest BCUT2D eigenvalue weighted by molar-refractivity contribution is 7.18. The van der Waals surface area contributed by atoms with Gasteiger partial charge in [-0.1, -0.05) is 0 Å². The first-order valence-electron chi connectivity index (χ1n) is 7.66. The first-order chi connectivity index (χ1) is 11.1. The number of hydrogen-bond acceptors (Lipinski definition) is 5. The van der Waals surface area contributed by atoms with Crippen LogP contribution < -0.4 is 11.1 Å². The van der Waals surface area contributed by atoms with Crippen molar-refractivity contribution in [3.05, 3.63) is 48.6 Å². The van der Waals surface area contributed by atoms with Gasteiger partial charge in [0.25, 0.3) is 11.1 Å². The zero-order chi connectivity index (χ0) is 16.1. The molecule has 3 heterocycles. The van der Waals surface area contributed by atoms with Gasteiger partial charge in [0.1, 0.15) is 11.2 Å². The molecule has 1 aliphatic carbocycles. The largest absolute Gasteiger partial charge is 0.274 e. The van der Waals surface area contributed by atoms with Crippen LogP contribution in [0.2, 0.25) is 0 Å². The predicted octanol–water partition coefficient (Wildman–Crippen LogP) is 2.03. The van der Waals surface area contributed by atoms with Crippen molar-refractivity contribution in [3.8, 4) is 5.82 Å². The van der Waals surface area contributed by atoms with Crippen molar-refractivity contribution in [3.63, 3.8) is 0 Å². The molecular weight excluding hydrogens is 312 g/mol. The molecule has 0 aliphatic heterocycles. The number of H-pyrrole nitrogens is 1. The van der Waals surface area contributed by atoms with Gasteiger partial charge in [-0.15, -0.1) is 11.3 Å². The number of nitrogens with one attached hydrogen (secondary N) is 1. The Labute approximate surface area is 135 Å². The Kier molecular flexibility index (Phi) is 3.19. The van der Waals surface area contributed by atoms with Crippen molar-refractivity contribution in [1.29, 1.82) is 0 Å². The van der Waals surface area contributed by atoms with E-state index in [4.69, 9.17) is 0 Å². The Bertz CT molecular complexity index is 1040. The molecule has 0 bridgehead atoms. The van der Waals surface area contributed by atoms with Crippen molar-refractivity contribution >= 4 is 21.6 Å². The van der Waals surface area contributed by atoms with Crippen molar-refractivity contribution in [2.75, 3.05) is 0 Å². The second-order valence-electron chi connectivity index (χ2n) is 5.91. The maximum Gasteiger partial charge on any atom is 0.274 e. The van der Waals surface area contributed by atoms with Crippen LogP contribution in [0.1, 0.15) is 34.4 Å². The van der Waals surface area contributed by atoms with E-state index >= 15 is 0 Å². The van der Waals surface area contributed by atoms with Gasteiger partial charge >= 0.3 is 0 Å². The maximum absolute atomic E-state index is 12.9. The van der Waals surface area contributed by atoms with E-state index in [0.29, 0.717) is 29.8 Å². The Morgan fingerprint density at radius 3 is 2.65 bits per heavy atom. The molecule has 118 valence electrons. The number of aromatic amines is 1. The highest BCUT2D eigenvalue weighted by Crippen LogP contribution is 2.31.